The van der Waals surface area contributed by atoms with Gasteiger partial charge in [0.1, 0.15) is 0 Å². The number of aromatic nitrogens is 2. The monoisotopic (exact) mass is 440 g/mol. The molecule has 0 saturated heterocycles. The van der Waals surface area contributed by atoms with Crippen LogP contribution in [-0.4, -0.2) is 9.97 Å². The fourth-order valence-corrected chi connectivity index (χ4v) is 3.14. The maximum absolute atomic E-state index is 4.60. The molecule has 2 heteroatoms. The predicted octanol–water partition coefficient (Wildman–Crippen LogP) is 9.09. The van der Waals surface area contributed by atoms with Gasteiger partial charge in [0.25, 0.3) is 0 Å². The van der Waals surface area contributed by atoms with Crippen LogP contribution in [0.2, 0.25) is 0 Å². The minimum absolute atomic E-state index is 1.05. The molecule has 0 aliphatic rings. The molecule has 0 bridgehead atoms. The van der Waals surface area contributed by atoms with Crippen molar-refractivity contribution >= 4 is 0 Å². The Morgan fingerprint density at radius 2 is 1.18 bits per heavy atom. The molecular formula is C31H40N2. The van der Waals surface area contributed by atoms with Gasteiger partial charge in [-0.3, -0.25) is 9.97 Å². The lowest BCUT2D eigenvalue weighted by Gasteiger charge is -2.07. The van der Waals surface area contributed by atoms with Gasteiger partial charge in [0.2, 0.25) is 0 Å². The first-order chi connectivity index (χ1) is 16.0. The van der Waals surface area contributed by atoms with Crippen LogP contribution in [0.3, 0.4) is 0 Å². The molecule has 0 aliphatic carbocycles. The van der Waals surface area contributed by atoms with E-state index in [0.29, 0.717) is 0 Å². The first-order valence-electron chi connectivity index (χ1n) is 11.9. The Kier molecular flexibility index (Phi) is 12.4. The van der Waals surface area contributed by atoms with E-state index >= 15 is 0 Å². The van der Waals surface area contributed by atoms with E-state index in [1.807, 2.05) is 64.2 Å². The quantitative estimate of drug-likeness (QED) is 0.310. The largest absolute Gasteiger partial charge is 0.256 e. The number of hydrogen-bond acceptors (Lipinski definition) is 2. The van der Waals surface area contributed by atoms with Crippen LogP contribution in [0, 0.1) is 34.6 Å². The van der Waals surface area contributed by atoms with Crippen LogP contribution < -0.4 is 0 Å². The second-order valence-corrected chi connectivity index (χ2v) is 7.44. The fraction of sp³-hybridized carbons (Fsp3) is 0.290. The standard InChI is InChI=1S/C14H15N.C13H13N.2C2H6/c1-10-9-14(15-12(3)11(10)2)13-7-5-4-6-8-13;1-10-7-8-13(14-9-10)12-6-4-3-5-11(12)2;2*1-2/h4-9H,1-3H3;3-9H,1-2H3;2*1-2H3. The summed E-state index contributed by atoms with van der Waals surface area (Å²) in [6.07, 6.45) is 1.90. The van der Waals surface area contributed by atoms with E-state index in [1.165, 1.54) is 33.4 Å². The Morgan fingerprint density at radius 1 is 0.576 bits per heavy atom. The highest BCUT2D eigenvalue weighted by molar-refractivity contribution is 5.63. The van der Waals surface area contributed by atoms with E-state index in [4.69, 9.17) is 0 Å². The van der Waals surface area contributed by atoms with Crippen molar-refractivity contribution in [2.24, 2.45) is 0 Å². The highest BCUT2D eigenvalue weighted by atomic mass is 14.7. The molecule has 174 valence electrons. The lowest BCUT2D eigenvalue weighted by atomic mass is 10.0. The Balaban J connectivity index is 0.000000288. The molecule has 33 heavy (non-hydrogen) atoms. The van der Waals surface area contributed by atoms with Gasteiger partial charge in [0.05, 0.1) is 11.4 Å². The molecule has 4 rings (SSSR count). The van der Waals surface area contributed by atoms with Crippen molar-refractivity contribution in [2.45, 2.75) is 62.3 Å². The highest BCUT2D eigenvalue weighted by Crippen LogP contribution is 2.21. The van der Waals surface area contributed by atoms with Crippen LogP contribution in [0.5, 0.6) is 0 Å². The molecular weight excluding hydrogens is 400 g/mol. The zero-order chi connectivity index (χ0) is 24.8. The van der Waals surface area contributed by atoms with Crippen molar-refractivity contribution in [3.8, 4) is 22.5 Å². The lowest BCUT2D eigenvalue weighted by molar-refractivity contribution is 1.12. The third-order valence-electron chi connectivity index (χ3n) is 5.18. The maximum Gasteiger partial charge on any atom is 0.0708 e. The van der Waals surface area contributed by atoms with Gasteiger partial charge in [-0.1, -0.05) is 88.4 Å². The van der Waals surface area contributed by atoms with Gasteiger partial charge in [0, 0.05) is 23.0 Å². The smallest absolute Gasteiger partial charge is 0.0708 e. The number of hydrogen-bond donors (Lipinski definition) is 0. The number of benzene rings is 2. The SMILES string of the molecule is CC.CC.Cc1cc(-c2ccccc2)nc(C)c1C.Cc1ccc(-c2ccccc2C)nc1. The molecule has 0 radical (unpaired) electrons. The molecule has 2 heterocycles. The first kappa shape index (κ1) is 27.8. The van der Waals surface area contributed by atoms with Crippen LogP contribution in [0.25, 0.3) is 22.5 Å². The molecule has 4 aromatic rings. The molecule has 2 aromatic carbocycles. The molecule has 0 N–H and O–H groups in total. The summed E-state index contributed by atoms with van der Waals surface area (Å²) < 4.78 is 0. The second kappa shape index (κ2) is 14.7. The van der Waals surface area contributed by atoms with Gasteiger partial charge in [-0.05, 0) is 69.0 Å². The zero-order valence-corrected chi connectivity index (χ0v) is 21.9. The van der Waals surface area contributed by atoms with E-state index in [9.17, 15) is 0 Å². The second-order valence-electron chi connectivity index (χ2n) is 7.44. The van der Waals surface area contributed by atoms with Crippen molar-refractivity contribution in [1.29, 1.82) is 0 Å². The number of pyridine rings is 2. The minimum Gasteiger partial charge on any atom is -0.256 e. The molecule has 2 aromatic heterocycles. The molecule has 0 amide bonds. The molecule has 2 nitrogen and oxygen atoms in total. The predicted molar refractivity (Wildman–Crippen MR) is 146 cm³/mol. The lowest BCUT2D eigenvalue weighted by Crippen LogP contribution is -1.93. The van der Waals surface area contributed by atoms with Crippen molar-refractivity contribution in [3.05, 3.63) is 107 Å². The van der Waals surface area contributed by atoms with Crippen molar-refractivity contribution < 1.29 is 0 Å². The fourth-order valence-electron chi connectivity index (χ4n) is 3.14. The summed E-state index contributed by atoms with van der Waals surface area (Å²) in [5, 5.41) is 0. The number of nitrogens with zero attached hydrogens (tertiary/aromatic N) is 2. The summed E-state index contributed by atoms with van der Waals surface area (Å²) in [6, 6.07) is 24.9. The molecule has 0 unspecified atom stereocenters. The van der Waals surface area contributed by atoms with Gasteiger partial charge in [-0.25, -0.2) is 0 Å². The van der Waals surface area contributed by atoms with Crippen molar-refractivity contribution in [1.82, 2.24) is 9.97 Å². The zero-order valence-electron chi connectivity index (χ0n) is 21.9. The Bertz CT molecular complexity index is 1060. The van der Waals surface area contributed by atoms with Crippen LogP contribution in [0.4, 0.5) is 0 Å². The van der Waals surface area contributed by atoms with Crippen LogP contribution in [-0.2, 0) is 0 Å². The van der Waals surface area contributed by atoms with Gasteiger partial charge >= 0.3 is 0 Å². The third kappa shape index (κ3) is 8.31. The summed E-state index contributed by atoms with van der Waals surface area (Å²) in [4.78, 5) is 9.01. The topological polar surface area (TPSA) is 25.8 Å². The molecule has 0 aliphatic heterocycles. The normalized spacial score (nSPS) is 9.36. The van der Waals surface area contributed by atoms with Crippen molar-refractivity contribution in [2.75, 3.05) is 0 Å². The van der Waals surface area contributed by atoms with E-state index < -0.39 is 0 Å². The highest BCUT2D eigenvalue weighted by Gasteiger charge is 2.04. The molecule has 0 fully saturated rings. The van der Waals surface area contributed by atoms with Gasteiger partial charge < -0.3 is 0 Å². The maximum atomic E-state index is 4.60. The average Bonchev–Trinajstić information content (AvgIpc) is 2.87. The van der Waals surface area contributed by atoms with Crippen molar-refractivity contribution in [3.63, 3.8) is 0 Å². The first-order valence-corrected chi connectivity index (χ1v) is 11.9. The Labute approximate surface area is 201 Å². The summed E-state index contributed by atoms with van der Waals surface area (Å²) in [5.41, 5.74) is 10.7. The van der Waals surface area contributed by atoms with E-state index in [0.717, 1.165) is 17.1 Å². The van der Waals surface area contributed by atoms with E-state index in [-0.39, 0.29) is 0 Å². The summed E-state index contributed by atoms with van der Waals surface area (Å²) in [7, 11) is 0. The molecule has 0 spiro atoms. The Hall–Kier alpha value is -3.26. The molecule has 0 atom stereocenters. The Morgan fingerprint density at radius 3 is 1.73 bits per heavy atom. The average molecular weight is 441 g/mol. The van der Waals surface area contributed by atoms with Crippen LogP contribution >= 0.6 is 0 Å². The number of rotatable bonds is 2. The van der Waals surface area contributed by atoms with E-state index in [1.54, 1.807) is 0 Å². The van der Waals surface area contributed by atoms with E-state index in [2.05, 4.69) is 87.1 Å². The minimum atomic E-state index is 1.05. The van der Waals surface area contributed by atoms with Gasteiger partial charge in [0.15, 0.2) is 0 Å². The third-order valence-corrected chi connectivity index (χ3v) is 5.18. The summed E-state index contributed by atoms with van der Waals surface area (Å²) >= 11 is 0. The van der Waals surface area contributed by atoms with Crippen LogP contribution in [0.15, 0.2) is 79.0 Å². The summed E-state index contributed by atoms with van der Waals surface area (Å²) in [6.45, 7) is 18.5. The van der Waals surface area contributed by atoms with Gasteiger partial charge in [-0.2, -0.15) is 0 Å². The molecule has 0 saturated carbocycles. The summed E-state index contributed by atoms with van der Waals surface area (Å²) in [5.74, 6) is 0. The van der Waals surface area contributed by atoms with Crippen LogP contribution in [0.1, 0.15) is 55.6 Å². The van der Waals surface area contributed by atoms with Gasteiger partial charge in [-0.15, -0.1) is 0 Å². The number of aryl methyl sites for hydroxylation is 4.